The summed E-state index contributed by atoms with van der Waals surface area (Å²) < 4.78 is 0. The van der Waals surface area contributed by atoms with Gasteiger partial charge in [-0.2, -0.15) is 0 Å². The monoisotopic (exact) mass is 400 g/mol. The average molecular weight is 401 g/mol. The van der Waals surface area contributed by atoms with E-state index < -0.39 is 0 Å². The van der Waals surface area contributed by atoms with Gasteiger partial charge >= 0.3 is 0 Å². The predicted octanol–water partition coefficient (Wildman–Crippen LogP) is 4.51. The van der Waals surface area contributed by atoms with Crippen LogP contribution in [0.3, 0.4) is 0 Å². The molecule has 1 fully saturated rings. The number of carbonyl (C=O) groups is 1. The average Bonchev–Trinajstić information content (AvgIpc) is 2.69. The number of rotatable bonds is 6. The van der Waals surface area contributed by atoms with Crippen LogP contribution in [0.2, 0.25) is 5.02 Å². The molecule has 1 aliphatic rings. The molecule has 0 spiro atoms. The highest BCUT2D eigenvalue weighted by atomic mass is 35.5. The number of hydrogen-bond donors (Lipinski definition) is 2. The van der Waals surface area contributed by atoms with E-state index in [9.17, 15) is 4.79 Å². The Morgan fingerprint density at radius 2 is 1.93 bits per heavy atom. The molecule has 150 valence electrons. The number of pyridine rings is 1. The molecule has 1 amide bonds. The summed E-state index contributed by atoms with van der Waals surface area (Å²) in [5.74, 6) is 1.50. The Morgan fingerprint density at radius 1 is 1.18 bits per heavy atom. The summed E-state index contributed by atoms with van der Waals surface area (Å²) in [7, 11) is 3.97. The minimum Gasteiger partial charge on any atom is -0.384 e. The van der Waals surface area contributed by atoms with Gasteiger partial charge in [-0.3, -0.25) is 4.79 Å². The number of benzene rings is 1. The lowest BCUT2D eigenvalue weighted by atomic mass is 9.86. The van der Waals surface area contributed by atoms with Crippen molar-refractivity contribution in [3.05, 3.63) is 52.7 Å². The SMILES string of the molecule is Cc1ccc(Cl)c(C(=O)NC2CCC(CNc3ccc(N(C)C)nc3)CC2)c1. The molecule has 0 unspecified atom stereocenters. The molecule has 1 saturated carbocycles. The summed E-state index contributed by atoms with van der Waals surface area (Å²) in [6.07, 6.45) is 6.08. The number of carbonyl (C=O) groups excluding carboxylic acids is 1. The number of halogens is 1. The fraction of sp³-hybridized carbons (Fsp3) is 0.455. The van der Waals surface area contributed by atoms with E-state index in [1.807, 2.05) is 50.3 Å². The van der Waals surface area contributed by atoms with E-state index in [1.54, 1.807) is 6.07 Å². The number of nitrogens with one attached hydrogen (secondary N) is 2. The van der Waals surface area contributed by atoms with Gasteiger partial charge in [0.1, 0.15) is 5.82 Å². The van der Waals surface area contributed by atoms with Gasteiger partial charge in [0.2, 0.25) is 0 Å². The minimum absolute atomic E-state index is 0.0673. The smallest absolute Gasteiger partial charge is 0.253 e. The summed E-state index contributed by atoms with van der Waals surface area (Å²) in [5, 5.41) is 7.15. The van der Waals surface area contributed by atoms with E-state index in [0.29, 0.717) is 16.5 Å². The summed E-state index contributed by atoms with van der Waals surface area (Å²) in [5.41, 5.74) is 2.66. The van der Waals surface area contributed by atoms with Crippen LogP contribution in [-0.2, 0) is 0 Å². The second kappa shape index (κ2) is 9.28. The van der Waals surface area contributed by atoms with Crippen molar-refractivity contribution in [2.24, 2.45) is 5.92 Å². The van der Waals surface area contributed by atoms with Crippen molar-refractivity contribution >= 4 is 29.0 Å². The van der Waals surface area contributed by atoms with Crippen LogP contribution in [0, 0.1) is 12.8 Å². The molecule has 0 bridgehead atoms. The summed E-state index contributed by atoms with van der Waals surface area (Å²) in [6.45, 7) is 2.91. The van der Waals surface area contributed by atoms with Crippen molar-refractivity contribution in [2.75, 3.05) is 30.9 Å². The highest BCUT2D eigenvalue weighted by molar-refractivity contribution is 6.33. The number of amides is 1. The first-order valence-corrected chi connectivity index (χ1v) is 10.2. The van der Waals surface area contributed by atoms with Crippen LogP contribution in [0.25, 0.3) is 0 Å². The first-order valence-electron chi connectivity index (χ1n) is 9.86. The number of hydrogen-bond acceptors (Lipinski definition) is 4. The van der Waals surface area contributed by atoms with E-state index in [2.05, 4.69) is 21.7 Å². The maximum absolute atomic E-state index is 12.5. The van der Waals surface area contributed by atoms with Gasteiger partial charge in [-0.15, -0.1) is 0 Å². The topological polar surface area (TPSA) is 57.3 Å². The molecule has 2 N–H and O–H groups in total. The van der Waals surface area contributed by atoms with Gasteiger partial charge in [-0.05, 0) is 62.8 Å². The Balaban J connectivity index is 1.44. The molecule has 5 nitrogen and oxygen atoms in total. The summed E-state index contributed by atoms with van der Waals surface area (Å²) >= 11 is 6.18. The quantitative estimate of drug-likeness (QED) is 0.749. The van der Waals surface area contributed by atoms with E-state index in [0.717, 1.165) is 49.3 Å². The molecular weight excluding hydrogens is 372 g/mol. The molecule has 1 aliphatic carbocycles. The van der Waals surface area contributed by atoms with Crippen molar-refractivity contribution < 1.29 is 4.79 Å². The van der Waals surface area contributed by atoms with Crippen LogP contribution in [-0.4, -0.2) is 37.6 Å². The van der Waals surface area contributed by atoms with Crippen molar-refractivity contribution in [1.29, 1.82) is 0 Å². The van der Waals surface area contributed by atoms with Gasteiger partial charge in [0.15, 0.2) is 0 Å². The van der Waals surface area contributed by atoms with Gasteiger partial charge < -0.3 is 15.5 Å². The van der Waals surface area contributed by atoms with Gasteiger partial charge in [-0.25, -0.2) is 4.98 Å². The fourth-order valence-electron chi connectivity index (χ4n) is 3.60. The third-order valence-corrected chi connectivity index (χ3v) is 5.68. The zero-order valence-corrected chi connectivity index (χ0v) is 17.6. The predicted molar refractivity (Wildman–Crippen MR) is 116 cm³/mol. The molecule has 2 aromatic rings. The molecule has 1 heterocycles. The third kappa shape index (κ3) is 5.38. The standard InChI is InChI=1S/C22H29ClN4O/c1-15-4-10-20(23)19(12-15)22(28)26-17-7-5-16(6-8-17)13-24-18-9-11-21(25-14-18)27(2)3/h4,9-12,14,16-17,24H,5-8,13H2,1-3H3,(H,26,28). The molecule has 28 heavy (non-hydrogen) atoms. The van der Waals surface area contributed by atoms with Gasteiger partial charge in [0.05, 0.1) is 22.5 Å². The molecule has 3 rings (SSSR count). The van der Waals surface area contributed by atoms with Gasteiger partial charge in [0, 0.05) is 26.7 Å². The zero-order chi connectivity index (χ0) is 20.1. The molecule has 0 atom stereocenters. The Bertz CT molecular complexity index is 799. The number of anilines is 2. The minimum atomic E-state index is -0.0673. The molecule has 0 radical (unpaired) electrons. The lowest BCUT2D eigenvalue weighted by molar-refractivity contribution is 0.0923. The summed E-state index contributed by atoms with van der Waals surface area (Å²) in [4.78, 5) is 19.0. The lowest BCUT2D eigenvalue weighted by Crippen LogP contribution is -2.38. The maximum atomic E-state index is 12.5. The fourth-order valence-corrected chi connectivity index (χ4v) is 3.81. The van der Waals surface area contributed by atoms with Crippen molar-refractivity contribution in [2.45, 2.75) is 38.6 Å². The Labute approximate surface area is 172 Å². The van der Waals surface area contributed by atoms with E-state index in [-0.39, 0.29) is 11.9 Å². The van der Waals surface area contributed by atoms with Gasteiger partial charge in [-0.1, -0.05) is 23.2 Å². The zero-order valence-electron chi connectivity index (χ0n) is 16.8. The molecule has 0 aliphatic heterocycles. The number of nitrogens with zero attached hydrogens (tertiary/aromatic N) is 2. The van der Waals surface area contributed by atoms with Crippen LogP contribution in [0.15, 0.2) is 36.5 Å². The number of aromatic nitrogens is 1. The van der Waals surface area contributed by atoms with Crippen molar-refractivity contribution in [1.82, 2.24) is 10.3 Å². The second-order valence-corrected chi connectivity index (χ2v) is 8.26. The first-order chi connectivity index (χ1) is 13.4. The molecule has 6 heteroatoms. The van der Waals surface area contributed by atoms with Crippen LogP contribution in [0.1, 0.15) is 41.6 Å². The molecular formula is C22H29ClN4O. The van der Waals surface area contributed by atoms with E-state index in [1.165, 1.54) is 0 Å². The van der Waals surface area contributed by atoms with Crippen LogP contribution in [0.4, 0.5) is 11.5 Å². The third-order valence-electron chi connectivity index (χ3n) is 5.35. The lowest BCUT2D eigenvalue weighted by Gasteiger charge is -2.29. The normalized spacial score (nSPS) is 19.1. The molecule has 1 aromatic carbocycles. The highest BCUT2D eigenvalue weighted by Gasteiger charge is 2.23. The maximum Gasteiger partial charge on any atom is 0.253 e. The van der Waals surface area contributed by atoms with Crippen molar-refractivity contribution in [3.63, 3.8) is 0 Å². The van der Waals surface area contributed by atoms with Crippen molar-refractivity contribution in [3.8, 4) is 0 Å². The first kappa shape index (κ1) is 20.5. The van der Waals surface area contributed by atoms with Crippen LogP contribution in [0.5, 0.6) is 0 Å². The largest absolute Gasteiger partial charge is 0.384 e. The molecule has 1 aromatic heterocycles. The Morgan fingerprint density at radius 3 is 2.57 bits per heavy atom. The second-order valence-electron chi connectivity index (χ2n) is 7.85. The molecule has 0 saturated heterocycles. The van der Waals surface area contributed by atoms with E-state index in [4.69, 9.17) is 11.6 Å². The highest BCUT2D eigenvalue weighted by Crippen LogP contribution is 2.26. The van der Waals surface area contributed by atoms with E-state index >= 15 is 0 Å². The Hall–Kier alpha value is -2.27. The number of aryl methyl sites for hydroxylation is 1. The Kier molecular flexibility index (Phi) is 6.79. The van der Waals surface area contributed by atoms with Crippen LogP contribution >= 0.6 is 11.6 Å². The summed E-state index contributed by atoms with van der Waals surface area (Å²) in [6, 6.07) is 9.87. The van der Waals surface area contributed by atoms with Crippen LogP contribution < -0.4 is 15.5 Å². The van der Waals surface area contributed by atoms with Gasteiger partial charge in [0.25, 0.3) is 5.91 Å².